The standard InChI is InChI=1S/C14H12BrN3O2S/c15-13-6-5-12(7-14(13)17)18-21(19,20)9-11-3-1-10(8-16)2-4-11/h1-7,18H,9,17H2. The van der Waals surface area contributed by atoms with Crippen molar-refractivity contribution in [2.75, 3.05) is 10.5 Å². The Hall–Kier alpha value is -2.04. The highest BCUT2D eigenvalue weighted by atomic mass is 79.9. The fourth-order valence-corrected chi connectivity index (χ4v) is 3.15. The maximum atomic E-state index is 12.1. The first kappa shape index (κ1) is 15.4. The number of nitrogens with one attached hydrogen (secondary N) is 1. The van der Waals surface area contributed by atoms with Gasteiger partial charge in [-0.15, -0.1) is 0 Å². The van der Waals surface area contributed by atoms with Crippen molar-refractivity contribution >= 4 is 37.3 Å². The number of hydrogen-bond acceptors (Lipinski definition) is 4. The molecule has 0 aromatic heterocycles. The molecule has 0 atom stereocenters. The Morgan fingerprint density at radius 2 is 1.86 bits per heavy atom. The molecule has 0 bridgehead atoms. The molecule has 5 nitrogen and oxygen atoms in total. The highest BCUT2D eigenvalue weighted by molar-refractivity contribution is 9.10. The average molecular weight is 366 g/mol. The van der Waals surface area contributed by atoms with E-state index in [2.05, 4.69) is 20.7 Å². The summed E-state index contributed by atoms with van der Waals surface area (Å²) in [7, 11) is -3.54. The van der Waals surface area contributed by atoms with Gasteiger partial charge in [-0.2, -0.15) is 5.26 Å². The highest BCUT2D eigenvalue weighted by Gasteiger charge is 2.12. The number of rotatable bonds is 4. The van der Waals surface area contributed by atoms with Crippen LogP contribution in [-0.2, 0) is 15.8 Å². The van der Waals surface area contributed by atoms with E-state index in [-0.39, 0.29) is 5.75 Å². The number of nitrogen functional groups attached to an aromatic ring is 1. The van der Waals surface area contributed by atoms with E-state index in [1.165, 1.54) is 0 Å². The second-order valence-electron chi connectivity index (χ2n) is 4.41. The molecule has 2 rings (SSSR count). The fraction of sp³-hybridized carbons (Fsp3) is 0.0714. The number of nitriles is 1. The van der Waals surface area contributed by atoms with Gasteiger partial charge in [0.25, 0.3) is 0 Å². The molecule has 2 aromatic carbocycles. The number of nitrogens with two attached hydrogens (primary N) is 1. The van der Waals surface area contributed by atoms with Gasteiger partial charge in [-0.1, -0.05) is 12.1 Å². The van der Waals surface area contributed by atoms with Gasteiger partial charge in [0.05, 0.1) is 23.1 Å². The molecule has 0 radical (unpaired) electrons. The molecule has 0 spiro atoms. The zero-order valence-electron chi connectivity index (χ0n) is 10.9. The summed E-state index contributed by atoms with van der Waals surface area (Å²) in [6, 6.07) is 13.2. The lowest BCUT2D eigenvalue weighted by Gasteiger charge is -2.09. The molecule has 0 saturated heterocycles. The zero-order chi connectivity index (χ0) is 15.5. The highest BCUT2D eigenvalue weighted by Crippen LogP contribution is 2.24. The Morgan fingerprint density at radius 1 is 1.19 bits per heavy atom. The minimum atomic E-state index is -3.54. The largest absolute Gasteiger partial charge is 0.398 e. The van der Waals surface area contributed by atoms with Gasteiger partial charge >= 0.3 is 0 Å². The fourth-order valence-electron chi connectivity index (χ4n) is 1.72. The predicted molar refractivity (Wildman–Crippen MR) is 86.0 cm³/mol. The minimum absolute atomic E-state index is 0.172. The maximum absolute atomic E-state index is 12.1. The van der Waals surface area contributed by atoms with E-state index >= 15 is 0 Å². The summed E-state index contributed by atoms with van der Waals surface area (Å²) < 4.78 is 27.4. The lowest BCUT2D eigenvalue weighted by Crippen LogP contribution is -2.15. The number of halogens is 1. The summed E-state index contributed by atoms with van der Waals surface area (Å²) in [5.74, 6) is -0.172. The van der Waals surface area contributed by atoms with Gasteiger partial charge in [0.2, 0.25) is 10.0 Å². The van der Waals surface area contributed by atoms with E-state index in [9.17, 15) is 8.42 Å². The van der Waals surface area contributed by atoms with Crippen molar-refractivity contribution in [3.63, 3.8) is 0 Å². The molecule has 3 N–H and O–H groups in total. The molecule has 2 aromatic rings. The van der Waals surface area contributed by atoms with Crippen molar-refractivity contribution in [1.29, 1.82) is 5.26 Å². The molecule has 0 amide bonds. The number of hydrogen-bond donors (Lipinski definition) is 2. The third-order valence-corrected chi connectivity index (χ3v) is 4.69. The second kappa shape index (κ2) is 6.16. The van der Waals surface area contributed by atoms with Crippen molar-refractivity contribution in [1.82, 2.24) is 0 Å². The third-order valence-electron chi connectivity index (χ3n) is 2.71. The van der Waals surface area contributed by atoms with Crippen molar-refractivity contribution in [2.45, 2.75) is 5.75 Å². The van der Waals surface area contributed by atoms with Crippen molar-refractivity contribution in [3.8, 4) is 6.07 Å². The molecule has 7 heteroatoms. The molecule has 108 valence electrons. The average Bonchev–Trinajstić information content (AvgIpc) is 2.43. The first-order valence-corrected chi connectivity index (χ1v) is 8.39. The van der Waals surface area contributed by atoms with E-state index in [1.807, 2.05) is 6.07 Å². The normalized spacial score (nSPS) is 10.9. The second-order valence-corrected chi connectivity index (χ2v) is 6.98. The van der Waals surface area contributed by atoms with Gasteiger partial charge in [-0.3, -0.25) is 4.72 Å². The van der Waals surface area contributed by atoms with Gasteiger partial charge in [0.15, 0.2) is 0 Å². The van der Waals surface area contributed by atoms with Crippen LogP contribution in [0.25, 0.3) is 0 Å². The number of anilines is 2. The summed E-state index contributed by atoms with van der Waals surface area (Å²) in [6.45, 7) is 0. The van der Waals surface area contributed by atoms with Gasteiger partial charge in [-0.25, -0.2) is 8.42 Å². The van der Waals surface area contributed by atoms with Crippen molar-refractivity contribution in [3.05, 3.63) is 58.1 Å². The Kier molecular flexibility index (Phi) is 4.50. The maximum Gasteiger partial charge on any atom is 0.236 e. The minimum Gasteiger partial charge on any atom is -0.398 e. The Balaban J connectivity index is 2.14. The summed E-state index contributed by atoms with van der Waals surface area (Å²) in [6.07, 6.45) is 0. The van der Waals surface area contributed by atoms with Crippen LogP contribution in [0.5, 0.6) is 0 Å². The third kappa shape index (κ3) is 4.21. The lowest BCUT2D eigenvalue weighted by molar-refractivity contribution is 0.600. The molecule has 0 aliphatic carbocycles. The van der Waals surface area contributed by atoms with Crippen LogP contribution in [0, 0.1) is 11.3 Å². The van der Waals surface area contributed by atoms with Gasteiger partial charge in [0, 0.05) is 10.2 Å². The van der Waals surface area contributed by atoms with E-state index in [1.54, 1.807) is 42.5 Å². The van der Waals surface area contributed by atoms with Gasteiger partial charge in [0.1, 0.15) is 0 Å². The molecule has 0 saturated carbocycles. The van der Waals surface area contributed by atoms with E-state index in [0.29, 0.717) is 27.0 Å². The molecule has 0 heterocycles. The summed E-state index contributed by atoms with van der Waals surface area (Å²) in [5, 5.41) is 8.71. The molecule has 0 aliphatic heterocycles. The zero-order valence-corrected chi connectivity index (χ0v) is 13.3. The first-order valence-electron chi connectivity index (χ1n) is 5.94. The molecule has 0 unspecified atom stereocenters. The van der Waals surface area contributed by atoms with Crippen LogP contribution in [-0.4, -0.2) is 8.42 Å². The van der Waals surface area contributed by atoms with E-state index in [4.69, 9.17) is 11.0 Å². The quantitative estimate of drug-likeness (QED) is 0.814. The molecular weight excluding hydrogens is 354 g/mol. The number of sulfonamides is 1. The lowest BCUT2D eigenvalue weighted by atomic mass is 10.2. The molecule has 0 fully saturated rings. The van der Waals surface area contributed by atoms with Crippen molar-refractivity contribution in [2.24, 2.45) is 0 Å². The predicted octanol–water partition coefficient (Wildman–Crippen LogP) is 2.84. The monoisotopic (exact) mass is 365 g/mol. The number of benzene rings is 2. The first-order chi connectivity index (χ1) is 9.89. The van der Waals surface area contributed by atoms with Crippen LogP contribution in [0.2, 0.25) is 0 Å². The van der Waals surface area contributed by atoms with Crippen LogP contribution in [0.15, 0.2) is 46.9 Å². The number of nitrogens with zero attached hydrogens (tertiary/aromatic N) is 1. The van der Waals surface area contributed by atoms with Crippen LogP contribution in [0.3, 0.4) is 0 Å². The molecule has 21 heavy (non-hydrogen) atoms. The SMILES string of the molecule is N#Cc1ccc(CS(=O)(=O)Nc2ccc(Br)c(N)c2)cc1. The van der Waals surface area contributed by atoms with Crippen LogP contribution in [0.1, 0.15) is 11.1 Å². The summed E-state index contributed by atoms with van der Waals surface area (Å²) >= 11 is 3.25. The van der Waals surface area contributed by atoms with Crippen LogP contribution >= 0.6 is 15.9 Å². The summed E-state index contributed by atoms with van der Waals surface area (Å²) in [5.41, 5.74) is 7.66. The Labute approximate surface area is 131 Å². The van der Waals surface area contributed by atoms with Gasteiger partial charge < -0.3 is 5.73 Å². The molecule has 0 aliphatic rings. The smallest absolute Gasteiger partial charge is 0.236 e. The Morgan fingerprint density at radius 3 is 2.43 bits per heavy atom. The van der Waals surface area contributed by atoms with Gasteiger partial charge in [-0.05, 0) is 51.8 Å². The van der Waals surface area contributed by atoms with Crippen LogP contribution < -0.4 is 10.5 Å². The van der Waals surface area contributed by atoms with Crippen molar-refractivity contribution < 1.29 is 8.42 Å². The molecular formula is C14H12BrN3O2S. The van der Waals surface area contributed by atoms with E-state index in [0.717, 1.165) is 0 Å². The summed E-state index contributed by atoms with van der Waals surface area (Å²) in [4.78, 5) is 0. The topological polar surface area (TPSA) is 96.0 Å². The van der Waals surface area contributed by atoms with E-state index < -0.39 is 10.0 Å². The Bertz CT molecular complexity index is 796. The van der Waals surface area contributed by atoms with Crippen LogP contribution in [0.4, 0.5) is 11.4 Å².